The molecule has 0 atom stereocenters. The Morgan fingerprint density at radius 3 is 2.46 bits per heavy atom. The molecule has 1 saturated heterocycles. The summed E-state index contributed by atoms with van der Waals surface area (Å²) in [7, 11) is 1.96. The third-order valence-electron chi connectivity index (χ3n) is 5.27. The third-order valence-corrected chi connectivity index (χ3v) is 5.27. The molecule has 0 spiro atoms. The van der Waals surface area contributed by atoms with Crippen LogP contribution in [-0.4, -0.2) is 61.5 Å². The first-order valence-electron chi connectivity index (χ1n) is 9.19. The van der Waals surface area contributed by atoms with Crippen molar-refractivity contribution in [2.45, 2.75) is 25.8 Å². The van der Waals surface area contributed by atoms with Crippen LogP contribution in [0.2, 0.25) is 0 Å². The zero-order chi connectivity index (χ0) is 17.6. The Labute approximate surface area is 161 Å². The van der Waals surface area contributed by atoms with E-state index in [9.17, 15) is 9.59 Å². The lowest BCUT2D eigenvalue weighted by atomic mass is 9.97. The van der Waals surface area contributed by atoms with Gasteiger partial charge in [-0.15, -0.1) is 12.4 Å². The summed E-state index contributed by atoms with van der Waals surface area (Å²) in [5, 5.41) is 6.00. The molecule has 1 aromatic carbocycles. The molecule has 0 radical (unpaired) electrons. The molecule has 2 heterocycles. The van der Waals surface area contributed by atoms with Crippen LogP contribution in [0.3, 0.4) is 0 Å². The molecule has 0 bridgehead atoms. The van der Waals surface area contributed by atoms with Gasteiger partial charge in [0, 0.05) is 26.2 Å². The zero-order valence-corrected chi connectivity index (χ0v) is 16.2. The maximum Gasteiger partial charge on any atom is 0.318 e. The molecule has 2 aliphatic rings. The predicted octanol–water partition coefficient (Wildman–Crippen LogP) is 1.63. The summed E-state index contributed by atoms with van der Waals surface area (Å²) in [6.45, 7) is 4.00. The van der Waals surface area contributed by atoms with Crippen molar-refractivity contribution < 1.29 is 9.59 Å². The molecule has 6 nitrogen and oxygen atoms in total. The van der Waals surface area contributed by atoms with E-state index in [0.717, 1.165) is 38.9 Å². The number of amides is 3. The monoisotopic (exact) mass is 380 g/mol. The molecule has 0 unspecified atom stereocenters. The summed E-state index contributed by atoms with van der Waals surface area (Å²) >= 11 is 0. The number of likely N-dealkylation sites (tertiary alicyclic amines) is 1. The van der Waals surface area contributed by atoms with Crippen LogP contribution in [-0.2, 0) is 17.8 Å². The second-order valence-electron chi connectivity index (χ2n) is 6.98. The lowest BCUT2D eigenvalue weighted by Gasteiger charge is -2.32. The van der Waals surface area contributed by atoms with Crippen molar-refractivity contribution in [3.63, 3.8) is 0 Å². The van der Waals surface area contributed by atoms with Crippen LogP contribution in [0.15, 0.2) is 24.3 Å². The zero-order valence-electron chi connectivity index (χ0n) is 15.4. The molecule has 3 rings (SSSR count). The minimum Gasteiger partial charge on any atom is -0.341 e. The highest BCUT2D eigenvalue weighted by Crippen LogP contribution is 2.18. The molecule has 7 heteroatoms. The number of nitrogens with one attached hydrogen (secondary N) is 2. The Hall–Kier alpha value is -1.79. The molecule has 0 aliphatic carbocycles. The van der Waals surface area contributed by atoms with E-state index in [2.05, 4.69) is 22.8 Å². The number of hydrogen-bond donors (Lipinski definition) is 2. The fourth-order valence-corrected chi connectivity index (χ4v) is 3.72. The first kappa shape index (κ1) is 20.5. The van der Waals surface area contributed by atoms with Gasteiger partial charge in [-0.3, -0.25) is 4.79 Å². The van der Waals surface area contributed by atoms with Crippen molar-refractivity contribution >= 4 is 24.3 Å². The number of rotatable bonds is 4. The molecular formula is C19H29ClN4O2. The molecular weight excluding hydrogens is 352 g/mol. The Bertz CT molecular complexity index is 617. The average Bonchev–Trinajstić information content (AvgIpc) is 2.66. The van der Waals surface area contributed by atoms with Crippen molar-refractivity contribution in [1.82, 2.24) is 20.4 Å². The van der Waals surface area contributed by atoms with Gasteiger partial charge in [0.05, 0.1) is 6.54 Å². The van der Waals surface area contributed by atoms with Gasteiger partial charge in [0.25, 0.3) is 0 Å². The molecule has 2 N–H and O–H groups in total. The maximum absolute atomic E-state index is 12.4. The summed E-state index contributed by atoms with van der Waals surface area (Å²) in [6, 6.07) is 8.07. The summed E-state index contributed by atoms with van der Waals surface area (Å²) in [5.41, 5.74) is 2.51. The number of fused-ring (bicyclic) bond motifs is 1. The van der Waals surface area contributed by atoms with E-state index in [1.807, 2.05) is 24.1 Å². The molecule has 2 aliphatic heterocycles. The topological polar surface area (TPSA) is 64.7 Å². The van der Waals surface area contributed by atoms with Crippen LogP contribution in [0.25, 0.3) is 0 Å². The average molecular weight is 381 g/mol. The second kappa shape index (κ2) is 9.78. The van der Waals surface area contributed by atoms with Crippen LogP contribution >= 0.6 is 12.4 Å². The van der Waals surface area contributed by atoms with E-state index in [4.69, 9.17) is 0 Å². The number of urea groups is 1. The summed E-state index contributed by atoms with van der Waals surface area (Å²) in [4.78, 5) is 28.4. The Kier molecular flexibility index (Phi) is 7.72. The number of piperidine rings is 1. The van der Waals surface area contributed by atoms with Gasteiger partial charge in [-0.1, -0.05) is 24.3 Å². The van der Waals surface area contributed by atoms with Crippen molar-refractivity contribution in [2.75, 3.05) is 39.8 Å². The lowest BCUT2D eigenvalue weighted by Crippen LogP contribution is -2.48. The second-order valence-corrected chi connectivity index (χ2v) is 6.98. The van der Waals surface area contributed by atoms with Gasteiger partial charge in [-0.05, 0) is 49.9 Å². The van der Waals surface area contributed by atoms with E-state index in [0.29, 0.717) is 19.0 Å². The smallest absolute Gasteiger partial charge is 0.318 e. The third kappa shape index (κ3) is 5.11. The largest absolute Gasteiger partial charge is 0.341 e. The molecule has 3 amide bonds. The van der Waals surface area contributed by atoms with Gasteiger partial charge in [-0.25, -0.2) is 4.79 Å². The van der Waals surface area contributed by atoms with Crippen LogP contribution < -0.4 is 10.6 Å². The molecule has 26 heavy (non-hydrogen) atoms. The summed E-state index contributed by atoms with van der Waals surface area (Å²) in [6.07, 6.45) is 2.93. The minimum atomic E-state index is -0.145. The van der Waals surface area contributed by atoms with Gasteiger partial charge in [0.2, 0.25) is 5.91 Å². The Morgan fingerprint density at radius 2 is 1.77 bits per heavy atom. The van der Waals surface area contributed by atoms with E-state index in [1.54, 1.807) is 4.90 Å². The number of benzene rings is 1. The SMILES string of the molecule is CNCC1CCN(C(=O)CNC(=O)N2CCc3ccccc3C2)CC1.Cl. The fourth-order valence-electron chi connectivity index (χ4n) is 3.72. The molecule has 0 saturated carbocycles. The highest BCUT2D eigenvalue weighted by atomic mass is 35.5. The van der Waals surface area contributed by atoms with Gasteiger partial charge < -0.3 is 20.4 Å². The Morgan fingerprint density at radius 1 is 1.08 bits per heavy atom. The molecule has 1 fully saturated rings. The summed E-state index contributed by atoms with van der Waals surface area (Å²) < 4.78 is 0. The van der Waals surface area contributed by atoms with Crippen molar-refractivity contribution in [1.29, 1.82) is 0 Å². The number of carbonyl (C=O) groups excluding carboxylic acids is 2. The van der Waals surface area contributed by atoms with Crippen LogP contribution in [0.4, 0.5) is 4.79 Å². The van der Waals surface area contributed by atoms with E-state index in [1.165, 1.54) is 11.1 Å². The highest BCUT2D eigenvalue weighted by molar-refractivity contribution is 5.85. The quantitative estimate of drug-likeness (QED) is 0.834. The van der Waals surface area contributed by atoms with Crippen LogP contribution in [0.1, 0.15) is 24.0 Å². The van der Waals surface area contributed by atoms with Gasteiger partial charge in [-0.2, -0.15) is 0 Å². The van der Waals surface area contributed by atoms with Gasteiger partial charge in [0.1, 0.15) is 0 Å². The Balaban J connectivity index is 0.00000243. The molecule has 0 aromatic heterocycles. The van der Waals surface area contributed by atoms with Crippen LogP contribution in [0.5, 0.6) is 0 Å². The molecule has 1 aromatic rings. The number of carbonyl (C=O) groups is 2. The standard InChI is InChI=1S/C19H28N4O2.ClH/c1-20-12-15-6-9-22(10-7-15)18(24)13-21-19(25)23-11-8-16-4-2-3-5-17(16)14-23;/h2-5,15,20H,6-14H2,1H3,(H,21,25);1H. The first-order valence-corrected chi connectivity index (χ1v) is 9.19. The minimum absolute atomic E-state index is 0. The predicted molar refractivity (Wildman–Crippen MR) is 104 cm³/mol. The first-order chi connectivity index (χ1) is 12.2. The van der Waals surface area contributed by atoms with E-state index >= 15 is 0 Å². The maximum atomic E-state index is 12.4. The molecule has 144 valence electrons. The lowest BCUT2D eigenvalue weighted by molar-refractivity contribution is -0.131. The van der Waals surface area contributed by atoms with Crippen molar-refractivity contribution in [3.8, 4) is 0 Å². The highest BCUT2D eigenvalue weighted by Gasteiger charge is 2.24. The summed E-state index contributed by atoms with van der Waals surface area (Å²) in [5.74, 6) is 0.672. The van der Waals surface area contributed by atoms with Gasteiger partial charge >= 0.3 is 6.03 Å². The van der Waals surface area contributed by atoms with E-state index in [-0.39, 0.29) is 30.9 Å². The van der Waals surface area contributed by atoms with Crippen LogP contribution in [0, 0.1) is 5.92 Å². The van der Waals surface area contributed by atoms with Gasteiger partial charge in [0.15, 0.2) is 0 Å². The van der Waals surface area contributed by atoms with Crippen molar-refractivity contribution in [3.05, 3.63) is 35.4 Å². The number of halogens is 1. The number of hydrogen-bond acceptors (Lipinski definition) is 3. The fraction of sp³-hybridized carbons (Fsp3) is 0.579. The normalized spacial score (nSPS) is 17.3. The van der Waals surface area contributed by atoms with E-state index < -0.39 is 0 Å². The van der Waals surface area contributed by atoms with Crippen molar-refractivity contribution in [2.24, 2.45) is 5.92 Å². The number of nitrogens with zero attached hydrogens (tertiary/aromatic N) is 2.